The van der Waals surface area contributed by atoms with Crippen molar-refractivity contribution in [3.8, 4) is 0 Å². The van der Waals surface area contributed by atoms with Crippen molar-refractivity contribution in [3.63, 3.8) is 0 Å². The molecule has 0 aromatic heterocycles. The highest BCUT2D eigenvalue weighted by atomic mass is 16.6. The highest BCUT2D eigenvalue weighted by Crippen LogP contribution is 2.21. The van der Waals surface area contributed by atoms with Gasteiger partial charge in [-0.15, -0.1) is 0 Å². The van der Waals surface area contributed by atoms with Crippen LogP contribution in [0.3, 0.4) is 0 Å². The van der Waals surface area contributed by atoms with Gasteiger partial charge in [0.25, 0.3) is 0 Å². The molecule has 2 atom stereocenters. The molecule has 70 valence electrons. The summed E-state index contributed by atoms with van der Waals surface area (Å²) in [5.41, 5.74) is 0. The third kappa shape index (κ3) is 2.48. The molecular weight excluding hydrogens is 156 g/mol. The third-order valence-corrected chi connectivity index (χ3v) is 2.24. The molecule has 3 nitrogen and oxygen atoms in total. The molecule has 1 N–H and O–H groups in total. The molecule has 0 unspecified atom stereocenters. The van der Waals surface area contributed by atoms with Crippen LogP contribution < -0.4 is 0 Å². The van der Waals surface area contributed by atoms with E-state index in [4.69, 9.17) is 4.74 Å². The molecule has 0 aromatic carbocycles. The van der Waals surface area contributed by atoms with Gasteiger partial charge in [0.05, 0.1) is 6.10 Å². The zero-order valence-electron chi connectivity index (χ0n) is 7.45. The van der Waals surface area contributed by atoms with Crippen LogP contribution in [-0.4, -0.2) is 23.3 Å². The van der Waals surface area contributed by atoms with Gasteiger partial charge in [-0.3, -0.25) is 4.79 Å². The number of aliphatic hydroxyl groups excluding tert-OH is 1. The predicted molar refractivity (Wildman–Crippen MR) is 44.6 cm³/mol. The van der Waals surface area contributed by atoms with E-state index in [-0.39, 0.29) is 12.1 Å². The maximum atomic E-state index is 10.9. The van der Waals surface area contributed by atoms with Gasteiger partial charge in [0, 0.05) is 6.42 Å². The SMILES string of the molecule is CCC(=O)O[C@@H]1CCCC[C@H]1O. The molecule has 0 amide bonds. The van der Waals surface area contributed by atoms with Gasteiger partial charge < -0.3 is 9.84 Å². The van der Waals surface area contributed by atoms with Crippen molar-refractivity contribution >= 4 is 5.97 Å². The second kappa shape index (κ2) is 4.45. The van der Waals surface area contributed by atoms with Gasteiger partial charge in [-0.1, -0.05) is 13.3 Å². The van der Waals surface area contributed by atoms with Gasteiger partial charge in [0.2, 0.25) is 0 Å². The van der Waals surface area contributed by atoms with E-state index in [1.165, 1.54) is 0 Å². The summed E-state index contributed by atoms with van der Waals surface area (Å²) in [6.07, 6.45) is 3.39. The van der Waals surface area contributed by atoms with Gasteiger partial charge in [-0.2, -0.15) is 0 Å². The topological polar surface area (TPSA) is 46.5 Å². The lowest BCUT2D eigenvalue weighted by Crippen LogP contribution is -2.33. The molecule has 0 heterocycles. The number of aliphatic hydroxyl groups is 1. The van der Waals surface area contributed by atoms with Crippen LogP contribution in [0.2, 0.25) is 0 Å². The van der Waals surface area contributed by atoms with Crippen LogP contribution in [0.25, 0.3) is 0 Å². The van der Waals surface area contributed by atoms with E-state index < -0.39 is 6.10 Å². The van der Waals surface area contributed by atoms with E-state index >= 15 is 0 Å². The fourth-order valence-electron chi connectivity index (χ4n) is 1.47. The Morgan fingerprint density at radius 1 is 1.50 bits per heavy atom. The highest BCUT2D eigenvalue weighted by molar-refractivity contribution is 5.69. The molecule has 0 radical (unpaired) electrons. The number of hydrogen-bond acceptors (Lipinski definition) is 3. The summed E-state index contributed by atoms with van der Waals surface area (Å²) >= 11 is 0. The van der Waals surface area contributed by atoms with Crippen LogP contribution in [0.5, 0.6) is 0 Å². The monoisotopic (exact) mass is 172 g/mol. The fraction of sp³-hybridized carbons (Fsp3) is 0.889. The number of ether oxygens (including phenoxy) is 1. The van der Waals surface area contributed by atoms with E-state index in [0.717, 1.165) is 25.7 Å². The van der Waals surface area contributed by atoms with Gasteiger partial charge in [0.15, 0.2) is 0 Å². The third-order valence-electron chi connectivity index (χ3n) is 2.24. The van der Waals surface area contributed by atoms with Gasteiger partial charge >= 0.3 is 5.97 Å². The first kappa shape index (κ1) is 9.52. The second-order valence-corrected chi connectivity index (χ2v) is 3.23. The smallest absolute Gasteiger partial charge is 0.305 e. The second-order valence-electron chi connectivity index (χ2n) is 3.23. The molecule has 0 saturated heterocycles. The summed E-state index contributed by atoms with van der Waals surface area (Å²) in [5.74, 6) is -0.207. The van der Waals surface area contributed by atoms with E-state index in [2.05, 4.69) is 0 Å². The van der Waals surface area contributed by atoms with Crippen molar-refractivity contribution in [1.29, 1.82) is 0 Å². The lowest BCUT2D eigenvalue weighted by molar-refractivity contribution is -0.157. The molecular formula is C9H16O3. The Hall–Kier alpha value is -0.570. The molecule has 0 aliphatic heterocycles. The number of esters is 1. The molecule has 0 spiro atoms. The van der Waals surface area contributed by atoms with Crippen molar-refractivity contribution in [3.05, 3.63) is 0 Å². The van der Waals surface area contributed by atoms with Crippen molar-refractivity contribution < 1.29 is 14.6 Å². The summed E-state index contributed by atoms with van der Waals surface area (Å²) in [6.45, 7) is 1.76. The number of carbonyl (C=O) groups is 1. The Bertz CT molecular complexity index is 156. The van der Waals surface area contributed by atoms with Gasteiger partial charge in [0.1, 0.15) is 6.10 Å². The average molecular weight is 172 g/mol. The largest absolute Gasteiger partial charge is 0.460 e. The fourth-order valence-corrected chi connectivity index (χ4v) is 1.47. The Labute approximate surface area is 72.7 Å². The van der Waals surface area contributed by atoms with Crippen LogP contribution in [0.1, 0.15) is 39.0 Å². The average Bonchev–Trinajstić information content (AvgIpc) is 2.09. The summed E-state index contributed by atoms with van der Waals surface area (Å²) in [5, 5.41) is 9.44. The zero-order valence-corrected chi connectivity index (χ0v) is 7.45. The van der Waals surface area contributed by atoms with Crippen molar-refractivity contribution in [2.75, 3.05) is 0 Å². The standard InChI is InChI=1S/C9H16O3/c1-2-9(11)12-8-6-4-3-5-7(8)10/h7-8,10H,2-6H2,1H3/t7-,8-/m1/s1. The van der Waals surface area contributed by atoms with E-state index in [1.807, 2.05) is 0 Å². The Balaban J connectivity index is 2.33. The molecule has 3 heteroatoms. The van der Waals surface area contributed by atoms with Gasteiger partial charge in [-0.05, 0) is 19.3 Å². The Morgan fingerprint density at radius 2 is 2.17 bits per heavy atom. The summed E-state index contributed by atoms with van der Waals surface area (Å²) < 4.78 is 5.06. The van der Waals surface area contributed by atoms with Crippen LogP contribution in [0, 0.1) is 0 Å². The van der Waals surface area contributed by atoms with Crippen LogP contribution in [-0.2, 0) is 9.53 Å². The lowest BCUT2D eigenvalue weighted by atomic mass is 9.95. The molecule has 1 saturated carbocycles. The normalized spacial score (nSPS) is 29.8. The summed E-state index contributed by atoms with van der Waals surface area (Å²) in [7, 11) is 0. The van der Waals surface area contributed by atoms with Crippen LogP contribution in [0.15, 0.2) is 0 Å². The molecule has 1 aliphatic carbocycles. The van der Waals surface area contributed by atoms with Gasteiger partial charge in [-0.25, -0.2) is 0 Å². The summed E-state index contributed by atoms with van der Waals surface area (Å²) in [6, 6.07) is 0. The quantitative estimate of drug-likeness (QED) is 0.637. The molecule has 1 aliphatic rings. The molecule has 0 bridgehead atoms. The zero-order chi connectivity index (χ0) is 8.97. The van der Waals surface area contributed by atoms with E-state index in [9.17, 15) is 9.90 Å². The maximum absolute atomic E-state index is 10.9. The Kier molecular flexibility index (Phi) is 3.53. The van der Waals surface area contributed by atoms with Crippen LogP contribution in [0.4, 0.5) is 0 Å². The molecule has 0 aromatic rings. The van der Waals surface area contributed by atoms with Crippen LogP contribution >= 0.6 is 0 Å². The minimum absolute atomic E-state index is 0.207. The molecule has 1 fully saturated rings. The first-order valence-corrected chi connectivity index (χ1v) is 4.61. The first-order valence-electron chi connectivity index (χ1n) is 4.61. The predicted octanol–water partition coefficient (Wildman–Crippen LogP) is 1.24. The maximum Gasteiger partial charge on any atom is 0.305 e. The summed E-state index contributed by atoms with van der Waals surface area (Å²) in [4.78, 5) is 10.9. The number of rotatable bonds is 2. The van der Waals surface area contributed by atoms with Crippen molar-refractivity contribution in [1.82, 2.24) is 0 Å². The molecule has 1 rings (SSSR count). The number of hydrogen-bond donors (Lipinski definition) is 1. The lowest BCUT2D eigenvalue weighted by Gasteiger charge is -2.26. The van der Waals surface area contributed by atoms with E-state index in [0.29, 0.717) is 6.42 Å². The first-order chi connectivity index (χ1) is 5.74. The highest BCUT2D eigenvalue weighted by Gasteiger charge is 2.25. The number of carbonyl (C=O) groups excluding carboxylic acids is 1. The van der Waals surface area contributed by atoms with E-state index in [1.54, 1.807) is 6.92 Å². The minimum Gasteiger partial charge on any atom is -0.460 e. The molecule has 12 heavy (non-hydrogen) atoms. The minimum atomic E-state index is -0.436. The Morgan fingerprint density at radius 3 is 2.75 bits per heavy atom. The van der Waals surface area contributed by atoms with Crippen molar-refractivity contribution in [2.45, 2.75) is 51.2 Å². The van der Waals surface area contributed by atoms with Crippen molar-refractivity contribution in [2.24, 2.45) is 0 Å².